The molecule has 146 valence electrons. The first-order valence-electron chi connectivity index (χ1n) is 9.41. The minimum atomic E-state index is 0.269. The van der Waals surface area contributed by atoms with Gasteiger partial charge in [0.05, 0.1) is 31.0 Å². The van der Waals surface area contributed by atoms with Crippen LogP contribution in [0.3, 0.4) is 0 Å². The van der Waals surface area contributed by atoms with Crippen LogP contribution in [0.5, 0.6) is 0 Å². The molecule has 6 nitrogen and oxygen atoms in total. The predicted molar refractivity (Wildman–Crippen MR) is 111 cm³/mol. The number of nitrogens with zero attached hydrogens (tertiary/aromatic N) is 3. The topological polar surface area (TPSA) is 61.8 Å². The molecule has 0 spiro atoms. The highest BCUT2D eigenvalue weighted by atomic mass is 32.1. The van der Waals surface area contributed by atoms with E-state index >= 15 is 0 Å². The van der Waals surface area contributed by atoms with Gasteiger partial charge in [-0.2, -0.15) is 0 Å². The van der Waals surface area contributed by atoms with Crippen molar-refractivity contribution in [1.29, 1.82) is 0 Å². The number of hydrogen-bond acceptors (Lipinski definition) is 5. The lowest BCUT2D eigenvalue weighted by Crippen LogP contribution is -2.48. The van der Waals surface area contributed by atoms with Crippen LogP contribution in [0.4, 0.5) is 0 Å². The fourth-order valence-corrected chi connectivity index (χ4v) is 4.16. The minimum absolute atomic E-state index is 0.269. The zero-order valence-corrected chi connectivity index (χ0v) is 17.1. The van der Waals surface area contributed by atoms with Crippen LogP contribution < -0.4 is 10.6 Å². The molecule has 0 amide bonds. The minimum Gasteiger partial charge on any atom is -0.376 e. The van der Waals surface area contributed by atoms with Crippen molar-refractivity contribution in [3.63, 3.8) is 0 Å². The molecule has 2 aromatic heterocycles. The standard InChI is InChI=1S/C20H29N5OS/c1-15-6-4-8-22-17(15)12-23-20(21-3)24-13-18(19-7-5-11-27-19)25-9-10-26-16(2)14-25/h4-8,11,16,18H,9-10,12-14H2,1-3H3,(H2,21,23,24). The maximum absolute atomic E-state index is 5.72. The van der Waals surface area contributed by atoms with Crippen molar-refractivity contribution in [3.05, 3.63) is 52.0 Å². The first-order chi connectivity index (χ1) is 13.2. The molecular formula is C20H29N5OS. The summed E-state index contributed by atoms with van der Waals surface area (Å²) in [5.74, 6) is 0.794. The normalized spacial score (nSPS) is 19.7. The van der Waals surface area contributed by atoms with Gasteiger partial charge in [-0.25, -0.2) is 0 Å². The van der Waals surface area contributed by atoms with Crippen molar-refractivity contribution in [2.24, 2.45) is 4.99 Å². The summed E-state index contributed by atoms with van der Waals surface area (Å²) < 4.78 is 5.72. The van der Waals surface area contributed by atoms with E-state index in [1.165, 1.54) is 10.4 Å². The quantitative estimate of drug-likeness (QED) is 0.589. The summed E-state index contributed by atoms with van der Waals surface area (Å²) in [6, 6.07) is 8.68. The Labute approximate surface area is 165 Å². The lowest BCUT2D eigenvalue weighted by Gasteiger charge is -2.37. The van der Waals surface area contributed by atoms with E-state index in [1.54, 1.807) is 18.4 Å². The lowest BCUT2D eigenvalue weighted by molar-refractivity contribution is -0.0334. The molecule has 2 N–H and O–H groups in total. The molecule has 3 heterocycles. The maximum atomic E-state index is 5.72. The zero-order chi connectivity index (χ0) is 19.1. The third-order valence-corrected chi connectivity index (χ3v) is 5.79. The van der Waals surface area contributed by atoms with E-state index in [0.717, 1.165) is 37.9 Å². The number of ether oxygens (including phenoxy) is 1. The van der Waals surface area contributed by atoms with Crippen LogP contribution in [-0.4, -0.2) is 55.2 Å². The smallest absolute Gasteiger partial charge is 0.191 e. The molecule has 2 unspecified atom stereocenters. The van der Waals surface area contributed by atoms with Crippen molar-refractivity contribution in [3.8, 4) is 0 Å². The van der Waals surface area contributed by atoms with Crippen molar-refractivity contribution in [2.45, 2.75) is 32.5 Å². The zero-order valence-electron chi connectivity index (χ0n) is 16.3. The fourth-order valence-electron chi connectivity index (χ4n) is 3.30. The second-order valence-corrected chi connectivity index (χ2v) is 7.76. The Bertz CT molecular complexity index is 734. The first-order valence-corrected chi connectivity index (χ1v) is 10.3. The summed E-state index contributed by atoms with van der Waals surface area (Å²) in [5, 5.41) is 9.01. The van der Waals surface area contributed by atoms with Gasteiger partial charge in [0.2, 0.25) is 0 Å². The molecule has 3 rings (SSSR count). The highest BCUT2D eigenvalue weighted by Gasteiger charge is 2.26. The number of hydrogen-bond donors (Lipinski definition) is 2. The molecule has 27 heavy (non-hydrogen) atoms. The number of guanidine groups is 1. The number of rotatable bonds is 6. The molecule has 7 heteroatoms. The van der Waals surface area contributed by atoms with Crippen molar-refractivity contribution in [2.75, 3.05) is 33.3 Å². The molecule has 1 aliphatic rings. The molecule has 1 saturated heterocycles. The molecule has 0 radical (unpaired) electrons. The molecular weight excluding hydrogens is 358 g/mol. The average Bonchev–Trinajstić information content (AvgIpc) is 3.20. The first kappa shape index (κ1) is 19.8. The van der Waals surface area contributed by atoms with Crippen LogP contribution in [-0.2, 0) is 11.3 Å². The van der Waals surface area contributed by atoms with E-state index in [9.17, 15) is 0 Å². The van der Waals surface area contributed by atoms with Crippen LogP contribution in [0.2, 0.25) is 0 Å². The maximum Gasteiger partial charge on any atom is 0.191 e. The molecule has 2 aromatic rings. The number of aryl methyl sites for hydroxylation is 1. The van der Waals surface area contributed by atoms with Gasteiger partial charge in [0, 0.05) is 37.8 Å². The van der Waals surface area contributed by atoms with Crippen LogP contribution in [0, 0.1) is 6.92 Å². The average molecular weight is 388 g/mol. The van der Waals surface area contributed by atoms with Crippen molar-refractivity contribution in [1.82, 2.24) is 20.5 Å². The van der Waals surface area contributed by atoms with Gasteiger partial charge >= 0.3 is 0 Å². The van der Waals surface area contributed by atoms with E-state index in [1.807, 2.05) is 12.3 Å². The third kappa shape index (κ3) is 5.51. The van der Waals surface area contributed by atoms with Crippen LogP contribution >= 0.6 is 11.3 Å². The van der Waals surface area contributed by atoms with Gasteiger partial charge in [-0.15, -0.1) is 11.3 Å². The number of nitrogens with one attached hydrogen (secondary N) is 2. The van der Waals surface area contributed by atoms with Crippen LogP contribution in [0.15, 0.2) is 40.8 Å². The third-order valence-electron chi connectivity index (χ3n) is 4.81. The van der Waals surface area contributed by atoms with E-state index in [0.29, 0.717) is 12.6 Å². The van der Waals surface area contributed by atoms with Gasteiger partial charge in [-0.05, 0) is 36.9 Å². The Morgan fingerprint density at radius 3 is 3.00 bits per heavy atom. The Balaban J connectivity index is 1.60. The van der Waals surface area contributed by atoms with Gasteiger partial charge in [0.1, 0.15) is 0 Å². The van der Waals surface area contributed by atoms with Crippen molar-refractivity contribution < 1.29 is 4.74 Å². The Hall–Kier alpha value is -1.96. The number of aliphatic imine (C=N–C) groups is 1. The molecule has 2 atom stereocenters. The summed E-state index contributed by atoms with van der Waals surface area (Å²) in [6.45, 7) is 8.36. The summed E-state index contributed by atoms with van der Waals surface area (Å²) in [7, 11) is 1.80. The Kier molecular flexibility index (Phi) is 7.20. The summed E-state index contributed by atoms with van der Waals surface area (Å²) in [6.07, 6.45) is 2.10. The Morgan fingerprint density at radius 2 is 2.30 bits per heavy atom. The van der Waals surface area contributed by atoms with Gasteiger partial charge < -0.3 is 15.4 Å². The SMILES string of the molecule is CN=C(NCc1ncccc1C)NCC(c1cccs1)N1CCOC(C)C1. The van der Waals surface area contributed by atoms with Gasteiger partial charge in [-0.1, -0.05) is 12.1 Å². The highest BCUT2D eigenvalue weighted by Crippen LogP contribution is 2.26. The summed E-state index contributed by atoms with van der Waals surface area (Å²) in [4.78, 5) is 12.7. The number of thiophene rings is 1. The molecule has 0 aliphatic carbocycles. The monoisotopic (exact) mass is 387 g/mol. The summed E-state index contributed by atoms with van der Waals surface area (Å²) in [5.41, 5.74) is 2.22. The molecule has 0 aromatic carbocycles. The van der Waals surface area contributed by atoms with E-state index in [-0.39, 0.29) is 6.10 Å². The van der Waals surface area contributed by atoms with Crippen LogP contribution in [0.1, 0.15) is 29.1 Å². The number of morpholine rings is 1. The molecule has 0 saturated carbocycles. The van der Waals surface area contributed by atoms with E-state index in [2.05, 4.69) is 62.9 Å². The molecule has 0 bridgehead atoms. The van der Waals surface area contributed by atoms with Gasteiger partial charge in [0.25, 0.3) is 0 Å². The molecule has 1 fully saturated rings. The van der Waals surface area contributed by atoms with Gasteiger partial charge in [-0.3, -0.25) is 14.9 Å². The predicted octanol–water partition coefficient (Wildman–Crippen LogP) is 2.58. The second-order valence-electron chi connectivity index (χ2n) is 6.78. The highest BCUT2D eigenvalue weighted by molar-refractivity contribution is 7.10. The lowest BCUT2D eigenvalue weighted by atomic mass is 10.1. The van der Waals surface area contributed by atoms with Crippen molar-refractivity contribution >= 4 is 17.3 Å². The van der Waals surface area contributed by atoms with E-state index < -0.39 is 0 Å². The Morgan fingerprint density at radius 1 is 1.41 bits per heavy atom. The number of aromatic nitrogens is 1. The van der Waals surface area contributed by atoms with Gasteiger partial charge in [0.15, 0.2) is 5.96 Å². The second kappa shape index (κ2) is 9.82. The largest absolute Gasteiger partial charge is 0.376 e. The summed E-state index contributed by atoms with van der Waals surface area (Å²) >= 11 is 1.80. The van der Waals surface area contributed by atoms with E-state index in [4.69, 9.17) is 4.74 Å². The number of pyridine rings is 1. The molecule has 1 aliphatic heterocycles. The van der Waals surface area contributed by atoms with Crippen LogP contribution in [0.25, 0.3) is 0 Å². The fraction of sp³-hybridized carbons (Fsp3) is 0.500.